The number of nitrogens with zero attached hydrogens (tertiary/aromatic N) is 1. The lowest BCUT2D eigenvalue weighted by Crippen LogP contribution is -2.48. The summed E-state index contributed by atoms with van der Waals surface area (Å²) in [5, 5.41) is 3.13. The van der Waals surface area contributed by atoms with Crippen molar-refractivity contribution in [3.8, 4) is 0 Å². The smallest absolute Gasteiger partial charge is 0.255 e. The Kier molecular flexibility index (Phi) is 3.43. The highest BCUT2D eigenvalue weighted by atomic mass is 35.5. The molecule has 0 aromatic rings. The van der Waals surface area contributed by atoms with Crippen molar-refractivity contribution in [2.45, 2.75) is 4.84 Å². The maximum absolute atomic E-state index is 11.1. The van der Waals surface area contributed by atoms with Gasteiger partial charge in [0.05, 0.1) is 0 Å². The van der Waals surface area contributed by atoms with Gasteiger partial charge in [-0.25, -0.2) is 0 Å². The van der Waals surface area contributed by atoms with Gasteiger partial charge in [-0.3, -0.25) is 4.79 Å². The Balaban J connectivity index is 2.39. The van der Waals surface area contributed by atoms with Crippen molar-refractivity contribution >= 4 is 29.1 Å². The molecule has 5 heteroatoms. The summed E-state index contributed by atoms with van der Waals surface area (Å²) in [7, 11) is 0. The quantitative estimate of drug-likeness (QED) is 0.610. The van der Waals surface area contributed by atoms with Crippen LogP contribution in [0.25, 0.3) is 0 Å². The maximum atomic E-state index is 11.1. The summed E-state index contributed by atoms with van der Waals surface area (Å²) >= 11 is 10.8. The van der Waals surface area contributed by atoms with Crippen LogP contribution >= 0.6 is 23.2 Å². The van der Waals surface area contributed by atoms with Crippen molar-refractivity contribution in [3.63, 3.8) is 0 Å². The number of amides is 1. The predicted molar refractivity (Wildman–Crippen MR) is 44.9 cm³/mol. The number of carbonyl (C=O) groups is 1. The first kappa shape index (κ1) is 9.10. The molecule has 1 rings (SSSR count). The van der Waals surface area contributed by atoms with E-state index in [0.29, 0.717) is 13.1 Å². The van der Waals surface area contributed by atoms with Gasteiger partial charge in [0.1, 0.15) is 0 Å². The highest BCUT2D eigenvalue weighted by molar-refractivity contribution is 6.53. The van der Waals surface area contributed by atoms with E-state index in [2.05, 4.69) is 5.32 Å². The third-order valence-electron chi connectivity index (χ3n) is 1.62. The maximum Gasteiger partial charge on any atom is 0.255 e. The van der Waals surface area contributed by atoms with Gasteiger partial charge in [-0.15, -0.1) is 0 Å². The van der Waals surface area contributed by atoms with Crippen LogP contribution in [0.5, 0.6) is 0 Å². The van der Waals surface area contributed by atoms with E-state index in [1.165, 1.54) is 0 Å². The lowest BCUT2D eigenvalue weighted by molar-refractivity contribution is -0.129. The molecule has 0 spiro atoms. The minimum absolute atomic E-state index is 0.185. The fourth-order valence-electron chi connectivity index (χ4n) is 1.02. The molecule has 1 aliphatic heterocycles. The molecule has 0 aliphatic carbocycles. The molecule has 0 unspecified atom stereocenters. The fraction of sp³-hybridized carbons (Fsp3) is 0.833. The minimum atomic E-state index is -0.909. The molecular formula is C6H10Cl2N2O. The van der Waals surface area contributed by atoms with Crippen LogP contribution in [-0.2, 0) is 4.79 Å². The number of piperazine rings is 1. The molecule has 1 heterocycles. The predicted octanol–water partition coefficient (Wildman–Crippen LogP) is 0.222. The van der Waals surface area contributed by atoms with Crippen molar-refractivity contribution in [1.29, 1.82) is 0 Å². The molecule has 0 aromatic carbocycles. The summed E-state index contributed by atoms with van der Waals surface area (Å²) in [6.45, 7) is 3.06. The second kappa shape index (κ2) is 4.14. The monoisotopic (exact) mass is 196 g/mol. The Morgan fingerprint density at radius 3 is 2.36 bits per heavy atom. The Bertz CT molecular complexity index is 146. The zero-order valence-corrected chi connectivity index (χ0v) is 7.53. The van der Waals surface area contributed by atoms with Crippen molar-refractivity contribution in [2.24, 2.45) is 0 Å². The van der Waals surface area contributed by atoms with Gasteiger partial charge in [-0.2, -0.15) is 0 Å². The Morgan fingerprint density at radius 1 is 1.36 bits per heavy atom. The van der Waals surface area contributed by atoms with E-state index in [0.717, 1.165) is 13.1 Å². The summed E-state index contributed by atoms with van der Waals surface area (Å²) in [5.74, 6) is -0.185. The third-order valence-corrected chi connectivity index (χ3v) is 1.99. The number of alkyl halides is 2. The highest BCUT2D eigenvalue weighted by Crippen LogP contribution is 2.07. The molecule has 1 saturated heterocycles. The molecule has 0 bridgehead atoms. The van der Waals surface area contributed by atoms with Crippen molar-refractivity contribution in [3.05, 3.63) is 0 Å². The summed E-state index contributed by atoms with van der Waals surface area (Å²) in [6.07, 6.45) is 0. The van der Waals surface area contributed by atoms with Crippen LogP contribution in [0, 0.1) is 0 Å². The third kappa shape index (κ3) is 2.51. The second-order valence-corrected chi connectivity index (χ2v) is 3.47. The van der Waals surface area contributed by atoms with Gasteiger partial charge in [0, 0.05) is 26.2 Å². The molecule has 11 heavy (non-hydrogen) atoms. The Morgan fingerprint density at radius 2 is 1.91 bits per heavy atom. The van der Waals surface area contributed by atoms with E-state index < -0.39 is 4.84 Å². The molecule has 0 aromatic heterocycles. The molecule has 3 nitrogen and oxygen atoms in total. The molecule has 64 valence electrons. The Labute approximate surface area is 75.6 Å². The highest BCUT2D eigenvalue weighted by Gasteiger charge is 2.21. The molecule has 0 saturated carbocycles. The largest absolute Gasteiger partial charge is 0.338 e. The summed E-state index contributed by atoms with van der Waals surface area (Å²) in [4.78, 5) is 11.9. The number of nitrogens with one attached hydrogen (secondary N) is 1. The number of carbonyl (C=O) groups excluding carboxylic acids is 1. The fourth-order valence-corrected chi connectivity index (χ4v) is 1.30. The van der Waals surface area contributed by atoms with Crippen LogP contribution in [0.2, 0.25) is 0 Å². The number of halogens is 2. The Hall–Kier alpha value is 0.01000. The van der Waals surface area contributed by atoms with E-state index in [4.69, 9.17) is 23.2 Å². The number of hydrogen-bond donors (Lipinski definition) is 1. The first-order chi connectivity index (χ1) is 5.22. The van der Waals surface area contributed by atoms with Gasteiger partial charge in [0.2, 0.25) is 0 Å². The van der Waals surface area contributed by atoms with E-state index in [-0.39, 0.29) is 5.91 Å². The van der Waals surface area contributed by atoms with Crippen LogP contribution in [0.4, 0.5) is 0 Å². The first-order valence-corrected chi connectivity index (χ1v) is 4.37. The summed E-state index contributed by atoms with van der Waals surface area (Å²) in [6, 6.07) is 0. The van der Waals surface area contributed by atoms with E-state index in [1.807, 2.05) is 0 Å². The van der Waals surface area contributed by atoms with Crippen LogP contribution in [0.15, 0.2) is 0 Å². The summed E-state index contributed by atoms with van der Waals surface area (Å²) < 4.78 is 0. The average Bonchev–Trinajstić information content (AvgIpc) is 2.05. The number of rotatable bonds is 1. The van der Waals surface area contributed by atoms with E-state index >= 15 is 0 Å². The second-order valence-electron chi connectivity index (χ2n) is 2.38. The lowest BCUT2D eigenvalue weighted by atomic mass is 10.3. The van der Waals surface area contributed by atoms with Crippen LogP contribution in [0.1, 0.15) is 0 Å². The molecular weight excluding hydrogens is 187 g/mol. The standard InChI is InChI=1S/C6H10Cl2N2O/c7-5(8)6(11)10-3-1-9-2-4-10/h5,9H,1-4H2. The lowest BCUT2D eigenvalue weighted by Gasteiger charge is -2.27. The molecule has 1 aliphatic rings. The van der Waals surface area contributed by atoms with Gasteiger partial charge in [-0.1, -0.05) is 23.2 Å². The summed E-state index contributed by atoms with van der Waals surface area (Å²) in [5.41, 5.74) is 0. The van der Waals surface area contributed by atoms with E-state index in [1.54, 1.807) is 4.90 Å². The molecule has 0 atom stereocenters. The number of hydrogen-bond acceptors (Lipinski definition) is 2. The topological polar surface area (TPSA) is 32.3 Å². The zero-order chi connectivity index (χ0) is 8.27. The average molecular weight is 197 g/mol. The minimum Gasteiger partial charge on any atom is -0.338 e. The molecule has 0 radical (unpaired) electrons. The molecule has 1 fully saturated rings. The van der Waals surface area contributed by atoms with Crippen molar-refractivity contribution < 1.29 is 4.79 Å². The van der Waals surface area contributed by atoms with Gasteiger partial charge in [0.15, 0.2) is 4.84 Å². The van der Waals surface area contributed by atoms with Gasteiger partial charge < -0.3 is 10.2 Å². The SMILES string of the molecule is O=C(C(Cl)Cl)N1CCNCC1. The molecule has 1 amide bonds. The normalized spacial score (nSPS) is 19.0. The van der Waals surface area contributed by atoms with Crippen LogP contribution in [-0.4, -0.2) is 41.8 Å². The van der Waals surface area contributed by atoms with E-state index in [9.17, 15) is 4.79 Å². The van der Waals surface area contributed by atoms with Crippen LogP contribution < -0.4 is 5.32 Å². The van der Waals surface area contributed by atoms with Gasteiger partial charge in [-0.05, 0) is 0 Å². The van der Waals surface area contributed by atoms with Crippen molar-refractivity contribution in [1.82, 2.24) is 10.2 Å². The van der Waals surface area contributed by atoms with Crippen molar-refractivity contribution in [2.75, 3.05) is 26.2 Å². The molecule has 1 N–H and O–H groups in total. The zero-order valence-electron chi connectivity index (χ0n) is 6.02. The first-order valence-electron chi connectivity index (χ1n) is 3.49. The van der Waals surface area contributed by atoms with Gasteiger partial charge in [0.25, 0.3) is 5.91 Å². The van der Waals surface area contributed by atoms with Crippen LogP contribution in [0.3, 0.4) is 0 Å². The van der Waals surface area contributed by atoms with Gasteiger partial charge >= 0.3 is 0 Å².